The molecule has 2 heterocycles. The van der Waals surface area contributed by atoms with Gasteiger partial charge in [0.15, 0.2) is 5.75 Å². The number of hydrogen-bond acceptors (Lipinski definition) is 7. The Morgan fingerprint density at radius 2 is 1.85 bits per heavy atom. The normalized spacial score (nSPS) is 17.6. The minimum atomic E-state index is -0.847. The van der Waals surface area contributed by atoms with Crippen LogP contribution in [0.3, 0.4) is 0 Å². The summed E-state index contributed by atoms with van der Waals surface area (Å²) >= 11 is 0. The molecule has 0 saturated heterocycles. The van der Waals surface area contributed by atoms with Crippen LogP contribution >= 0.6 is 0 Å². The molecule has 0 spiro atoms. The van der Waals surface area contributed by atoms with Crippen LogP contribution in [-0.4, -0.2) is 4.92 Å². The summed E-state index contributed by atoms with van der Waals surface area (Å²) in [4.78, 5) is 12.1. The minimum absolute atomic E-state index is 0.132. The number of nitrogens with two attached hydrogens (primary N) is 1. The first kappa shape index (κ1) is 16.2. The van der Waals surface area contributed by atoms with Crippen molar-refractivity contribution in [1.29, 1.82) is 10.5 Å². The molecule has 1 unspecified atom stereocenters. The molecule has 0 fully saturated rings. The van der Waals surface area contributed by atoms with Crippen molar-refractivity contribution >= 4 is 11.4 Å². The molecular formula is C19H11N5O3. The number of hydrogen-bond donors (Lipinski definition) is 1. The zero-order chi connectivity index (χ0) is 19.1. The zero-order valence-electron chi connectivity index (χ0n) is 13.8. The van der Waals surface area contributed by atoms with Gasteiger partial charge < -0.3 is 10.5 Å². The van der Waals surface area contributed by atoms with Crippen LogP contribution in [0.4, 0.5) is 11.4 Å². The van der Waals surface area contributed by atoms with Crippen LogP contribution in [0.1, 0.15) is 11.5 Å². The van der Waals surface area contributed by atoms with Crippen LogP contribution in [0.2, 0.25) is 0 Å². The number of anilines is 1. The number of nitro groups is 1. The summed E-state index contributed by atoms with van der Waals surface area (Å²) in [7, 11) is 0. The lowest BCUT2D eigenvalue weighted by Gasteiger charge is -2.30. The number of benzene rings is 2. The molecule has 2 aliphatic heterocycles. The molecule has 0 radical (unpaired) electrons. The van der Waals surface area contributed by atoms with Crippen LogP contribution in [-0.2, 0) is 0 Å². The van der Waals surface area contributed by atoms with Crippen molar-refractivity contribution in [2.45, 2.75) is 5.92 Å². The second-order valence-corrected chi connectivity index (χ2v) is 5.93. The van der Waals surface area contributed by atoms with E-state index in [9.17, 15) is 20.6 Å². The van der Waals surface area contributed by atoms with E-state index in [0.29, 0.717) is 17.0 Å². The van der Waals surface area contributed by atoms with Gasteiger partial charge in [0, 0.05) is 12.1 Å². The number of non-ortho nitro benzene ring substituents is 1. The molecule has 1 atom stereocenters. The zero-order valence-corrected chi connectivity index (χ0v) is 13.8. The summed E-state index contributed by atoms with van der Waals surface area (Å²) in [5, 5.41) is 30.7. The Labute approximate surface area is 153 Å². The summed E-state index contributed by atoms with van der Waals surface area (Å²) < 4.78 is 5.83. The van der Waals surface area contributed by atoms with Gasteiger partial charge in [-0.15, -0.1) is 0 Å². The lowest BCUT2D eigenvalue weighted by Crippen LogP contribution is -2.34. The van der Waals surface area contributed by atoms with Crippen molar-refractivity contribution in [3.05, 3.63) is 87.1 Å². The molecule has 27 heavy (non-hydrogen) atoms. The topological polar surface area (TPSA) is 129 Å². The molecule has 0 aliphatic carbocycles. The summed E-state index contributed by atoms with van der Waals surface area (Å²) in [5.74, 6) is 0.0142. The van der Waals surface area contributed by atoms with Crippen molar-refractivity contribution in [3.63, 3.8) is 0 Å². The van der Waals surface area contributed by atoms with Gasteiger partial charge in [-0.05, 0) is 17.7 Å². The largest absolute Gasteiger partial charge is 0.437 e. The van der Waals surface area contributed by atoms with Crippen molar-refractivity contribution < 1.29 is 9.66 Å². The predicted octanol–water partition coefficient (Wildman–Crippen LogP) is 3.02. The van der Waals surface area contributed by atoms with E-state index < -0.39 is 10.8 Å². The first-order valence-corrected chi connectivity index (χ1v) is 7.92. The first-order chi connectivity index (χ1) is 13.1. The van der Waals surface area contributed by atoms with Gasteiger partial charge in [0.05, 0.1) is 28.2 Å². The average Bonchev–Trinajstić information content (AvgIpc) is 3.07. The van der Waals surface area contributed by atoms with Crippen LogP contribution < -0.4 is 15.4 Å². The van der Waals surface area contributed by atoms with Crippen molar-refractivity contribution in [3.8, 4) is 17.9 Å². The summed E-state index contributed by atoms with van der Waals surface area (Å²) in [6, 6.07) is 17.1. The fourth-order valence-corrected chi connectivity index (χ4v) is 3.32. The van der Waals surface area contributed by atoms with E-state index in [4.69, 9.17) is 10.5 Å². The lowest BCUT2D eigenvalue weighted by molar-refractivity contribution is -0.384. The monoisotopic (exact) mass is 357 g/mol. The Hall–Kier alpha value is -4.30. The van der Waals surface area contributed by atoms with Gasteiger partial charge >= 0.3 is 0 Å². The molecule has 8 heteroatoms. The van der Waals surface area contributed by atoms with Gasteiger partial charge in [0.1, 0.15) is 17.5 Å². The lowest BCUT2D eigenvalue weighted by atomic mass is 9.83. The molecule has 0 aromatic heterocycles. The molecular weight excluding hydrogens is 346 g/mol. The second-order valence-electron chi connectivity index (χ2n) is 5.93. The molecule has 2 N–H and O–H groups in total. The smallest absolute Gasteiger partial charge is 0.269 e. The summed E-state index contributed by atoms with van der Waals surface area (Å²) in [6.07, 6.45) is 0. The number of nitro benzene ring substituents is 1. The van der Waals surface area contributed by atoms with Gasteiger partial charge in [0.2, 0.25) is 5.88 Å². The van der Waals surface area contributed by atoms with Crippen LogP contribution in [0, 0.1) is 32.8 Å². The molecule has 0 bridgehead atoms. The number of nitriles is 2. The second kappa shape index (κ2) is 5.90. The summed E-state index contributed by atoms with van der Waals surface area (Å²) in [6.45, 7) is 0. The average molecular weight is 357 g/mol. The van der Waals surface area contributed by atoms with Crippen LogP contribution in [0.25, 0.3) is 0 Å². The van der Waals surface area contributed by atoms with Crippen molar-refractivity contribution in [2.75, 3.05) is 4.90 Å². The third kappa shape index (κ3) is 2.29. The molecule has 2 aromatic rings. The highest BCUT2D eigenvalue weighted by atomic mass is 16.6. The number of allylic oxidation sites excluding steroid dienone is 2. The Kier molecular flexibility index (Phi) is 3.54. The van der Waals surface area contributed by atoms with Gasteiger partial charge in [-0.2, -0.15) is 10.5 Å². The van der Waals surface area contributed by atoms with Gasteiger partial charge in [0.25, 0.3) is 5.69 Å². The quantitative estimate of drug-likeness (QED) is 0.646. The minimum Gasteiger partial charge on any atom is -0.437 e. The molecule has 2 aromatic carbocycles. The number of nitrogens with zero attached hydrogens (tertiary/aromatic N) is 4. The molecule has 130 valence electrons. The van der Waals surface area contributed by atoms with Gasteiger partial charge in [-0.3, -0.25) is 15.0 Å². The Morgan fingerprint density at radius 3 is 2.56 bits per heavy atom. The predicted molar refractivity (Wildman–Crippen MR) is 94.9 cm³/mol. The Morgan fingerprint density at radius 1 is 1.11 bits per heavy atom. The number of rotatable bonds is 2. The van der Waals surface area contributed by atoms with Crippen LogP contribution in [0.15, 0.2) is 71.4 Å². The van der Waals surface area contributed by atoms with Crippen molar-refractivity contribution in [1.82, 2.24) is 0 Å². The highest BCUT2D eigenvalue weighted by molar-refractivity contribution is 5.75. The van der Waals surface area contributed by atoms with E-state index >= 15 is 0 Å². The number of ether oxygens (including phenoxy) is 1. The standard InChI is InChI=1S/C19H11N5O3/c20-9-13-17(11-4-3-5-12(8-11)24(25)26)14(10-21)19-23(18(13)22)15-6-1-2-7-16(15)27-19/h1-8,17H,22H2. The molecule has 8 nitrogen and oxygen atoms in total. The van der Waals surface area contributed by atoms with E-state index in [-0.39, 0.29) is 28.5 Å². The van der Waals surface area contributed by atoms with Gasteiger partial charge in [-0.1, -0.05) is 24.3 Å². The Bertz CT molecular complexity index is 1140. The first-order valence-electron chi connectivity index (χ1n) is 7.92. The van der Waals surface area contributed by atoms with E-state index in [1.807, 2.05) is 0 Å². The summed E-state index contributed by atoms with van der Waals surface area (Å²) in [5.41, 5.74) is 7.47. The maximum absolute atomic E-state index is 11.1. The molecule has 0 saturated carbocycles. The van der Waals surface area contributed by atoms with Crippen molar-refractivity contribution in [2.24, 2.45) is 5.73 Å². The number of fused-ring (bicyclic) bond motifs is 3. The fourth-order valence-electron chi connectivity index (χ4n) is 3.32. The van der Waals surface area contributed by atoms with E-state index in [1.165, 1.54) is 23.1 Å². The van der Waals surface area contributed by atoms with E-state index in [2.05, 4.69) is 12.1 Å². The maximum atomic E-state index is 11.1. The van der Waals surface area contributed by atoms with E-state index in [0.717, 1.165) is 0 Å². The highest BCUT2D eigenvalue weighted by Crippen LogP contribution is 2.49. The van der Waals surface area contributed by atoms with Crippen LogP contribution in [0.5, 0.6) is 5.75 Å². The molecule has 2 aliphatic rings. The van der Waals surface area contributed by atoms with E-state index in [1.54, 1.807) is 30.3 Å². The third-order valence-corrected chi connectivity index (χ3v) is 4.50. The molecule has 0 amide bonds. The number of para-hydroxylation sites is 2. The fraction of sp³-hybridized carbons (Fsp3) is 0.0526. The van der Waals surface area contributed by atoms with Gasteiger partial charge in [-0.25, -0.2) is 0 Å². The Balaban J connectivity index is 1.96. The third-order valence-electron chi connectivity index (χ3n) is 4.50. The molecule has 4 rings (SSSR count). The maximum Gasteiger partial charge on any atom is 0.269 e. The SMILES string of the molecule is N#CC1=C(N)N2C(=C(C#N)C1c1cccc([N+](=O)[O-])c1)Oc1ccccc12. The highest BCUT2D eigenvalue weighted by Gasteiger charge is 2.42.